The van der Waals surface area contributed by atoms with Gasteiger partial charge in [0.1, 0.15) is 0 Å². The summed E-state index contributed by atoms with van der Waals surface area (Å²) in [6.07, 6.45) is 0.744. The maximum atomic E-state index is 12.9. The quantitative estimate of drug-likeness (QED) is 0.528. The summed E-state index contributed by atoms with van der Waals surface area (Å²) in [5.41, 5.74) is 4.70. The Morgan fingerprint density at radius 2 is 1.45 bits per heavy atom. The molecule has 0 heterocycles. The van der Waals surface area contributed by atoms with Gasteiger partial charge in [-0.25, -0.2) is 8.42 Å². The van der Waals surface area contributed by atoms with Crippen LogP contribution in [-0.2, 0) is 10.0 Å². The van der Waals surface area contributed by atoms with E-state index in [2.05, 4.69) is 10.0 Å². The van der Waals surface area contributed by atoms with E-state index in [4.69, 9.17) is 0 Å². The number of benzene rings is 3. The second kappa shape index (κ2) is 9.35. The van der Waals surface area contributed by atoms with Crippen molar-refractivity contribution in [3.8, 4) is 0 Å². The molecule has 0 fully saturated rings. The molecule has 6 heteroatoms. The minimum absolute atomic E-state index is 0.123. The lowest BCUT2D eigenvalue weighted by atomic mass is 10.0. The van der Waals surface area contributed by atoms with E-state index in [9.17, 15) is 13.2 Å². The normalized spacial score (nSPS) is 12.3. The second-order valence-electron chi connectivity index (χ2n) is 7.79. The van der Waals surface area contributed by atoms with Gasteiger partial charge in [-0.3, -0.25) is 9.52 Å². The predicted octanol–water partition coefficient (Wildman–Crippen LogP) is 5.29. The fourth-order valence-electron chi connectivity index (χ4n) is 3.26. The van der Waals surface area contributed by atoms with Crippen LogP contribution in [0.1, 0.15) is 52.0 Å². The van der Waals surface area contributed by atoms with Gasteiger partial charge >= 0.3 is 0 Å². The molecule has 3 rings (SSSR count). The van der Waals surface area contributed by atoms with E-state index in [0.717, 1.165) is 28.7 Å². The van der Waals surface area contributed by atoms with Crippen LogP contribution in [0.3, 0.4) is 0 Å². The molecule has 1 atom stereocenters. The second-order valence-corrected chi connectivity index (χ2v) is 9.48. The molecule has 0 aliphatic carbocycles. The molecule has 0 bridgehead atoms. The third-order valence-corrected chi connectivity index (χ3v) is 6.65. The average molecular weight is 437 g/mol. The van der Waals surface area contributed by atoms with Crippen LogP contribution in [0.5, 0.6) is 0 Å². The van der Waals surface area contributed by atoms with Gasteiger partial charge in [0, 0.05) is 5.56 Å². The summed E-state index contributed by atoms with van der Waals surface area (Å²) >= 11 is 0. The Kier molecular flexibility index (Phi) is 6.81. The molecule has 0 saturated carbocycles. The molecule has 162 valence electrons. The molecule has 1 amide bonds. The highest BCUT2D eigenvalue weighted by atomic mass is 32.2. The summed E-state index contributed by atoms with van der Waals surface area (Å²) in [6.45, 7) is 7.74. The molecule has 2 N–H and O–H groups in total. The number of hydrogen-bond acceptors (Lipinski definition) is 3. The van der Waals surface area contributed by atoms with Gasteiger partial charge in [0.15, 0.2) is 0 Å². The summed E-state index contributed by atoms with van der Waals surface area (Å²) in [5.74, 6) is -0.247. The van der Waals surface area contributed by atoms with Gasteiger partial charge < -0.3 is 5.32 Å². The van der Waals surface area contributed by atoms with Crippen molar-refractivity contribution < 1.29 is 13.2 Å². The fraction of sp³-hybridized carbons (Fsp3) is 0.240. The van der Waals surface area contributed by atoms with Gasteiger partial charge in [0.05, 0.1) is 16.6 Å². The van der Waals surface area contributed by atoms with Crippen molar-refractivity contribution in [2.45, 2.75) is 45.1 Å². The Bertz CT molecular complexity index is 1170. The number of rotatable bonds is 7. The minimum atomic E-state index is -3.75. The largest absolute Gasteiger partial charge is 0.345 e. The summed E-state index contributed by atoms with van der Waals surface area (Å²) < 4.78 is 28.2. The molecule has 3 aromatic rings. The van der Waals surface area contributed by atoms with Gasteiger partial charge in [-0.15, -0.1) is 0 Å². The molecule has 0 saturated heterocycles. The molecule has 3 aromatic carbocycles. The smallest absolute Gasteiger partial charge is 0.261 e. The zero-order chi connectivity index (χ0) is 22.6. The third-order valence-electron chi connectivity index (χ3n) is 5.27. The maximum absolute atomic E-state index is 12.9. The van der Waals surface area contributed by atoms with E-state index in [-0.39, 0.29) is 16.8 Å². The Morgan fingerprint density at radius 1 is 0.871 bits per heavy atom. The minimum Gasteiger partial charge on any atom is -0.345 e. The van der Waals surface area contributed by atoms with Crippen LogP contribution in [-0.4, -0.2) is 14.3 Å². The number of aryl methyl sites for hydroxylation is 3. The summed E-state index contributed by atoms with van der Waals surface area (Å²) in [5, 5.41) is 3.05. The van der Waals surface area contributed by atoms with E-state index >= 15 is 0 Å². The van der Waals surface area contributed by atoms with Crippen LogP contribution >= 0.6 is 0 Å². The first-order valence-electron chi connectivity index (χ1n) is 10.3. The van der Waals surface area contributed by atoms with Crippen molar-refractivity contribution in [2.24, 2.45) is 0 Å². The first-order valence-corrected chi connectivity index (χ1v) is 11.8. The van der Waals surface area contributed by atoms with E-state index in [1.807, 2.05) is 45.0 Å². The van der Waals surface area contributed by atoms with Crippen molar-refractivity contribution in [2.75, 3.05) is 4.72 Å². The first kappa shape index (κ1) is 22.6. The van der Waals surface area contributed by atoms with E-state index in [1.165, 1.54) is 0 Å². The number of hydrogen-bond donors (Lipinski definition) is 2. The summed E-state index contributed by atoms with van der Waals surface area (Å²) in [6, 6.07) is 19.6. The maximum Gasteiger partial charge on any atom is 0.261 e. The van der Waals surface area contributed by atoms with Crippen molar-refractivity contribution >= 4 is 21.6 Å². The van der Waals surface area contributed by atoms with Crippen molar-refractivity contribution in [3.05, 3.63) is 94.5 Å². The fourth-order valence-corrected chi connectivity index (χ4v) is 4.38. The van der Waals surface area contributed by atoms with Crippen LogP contribution in [0.2, 0.25) is 0 Å². The van der Waals surface area contributed by atoms with Crippen LogP contribution in [0.25, 0.3) is 0 Å². The van der Waals surface area contributed by atoms with Gasteiger partial charge in [0.25, 0.3) is 15.9 Å². The number of sulfonamides is 1. The topological polar surface area (TPSA) is 75.3 Å². The molecule has 0 aliphatic heterocycles. The SMILES string of the molecule is CC[C@@H](NC(=O)c1ccc(C)c(NS(=O)(=O)c2ccc(C)cc2)c1)c1ccc(C)cc1. The Morgan fingerprint density at radius 3 is 2.03 bits per heavy atom. The third kappa shape index (κ3) is 5.52. The molecule has 0 unspecified atom stereocenters. The highest BCUT2D eigenvalue weighted by molar-refractivity contribution is 7.92. The monoisotopic (exact) mass is 436 g/mol. The van der Waals surface area contributed by atoms with Gasteiger partial charge in [0.2, 0.25) is 0 Å². The number of carbonyl (C=O) groups excluding carboxylic acids is 1. The van der Waals surface area contributed by atoms with Crippen LogP contribution < -0.4 is 10.0 Å². The van der Waals surface area contributed by atoms with E-state index < -0.39 is 10.0 Å². The van der Waals surface area contributed by atoms with Crippen molar-refractivity contribution in [1.29, 1.82) is 0 Å². The Balaban J connectivity index is 1.81. The van der Waals surface area contributed by atoms with Gasteiger partial charge in [-0.1, -0.05) is 60.5 Å². The number of amides is 1. The van der Waals surface area contributed by atoms with E-state index in [1.54, 1.807) is 49.4 Å². The molecule has 0 spiro atoms. The van der Waals surface area contributed by atoms with E-state index in [0.29, 0.717) is 11.3 Å². The van der Waals surface area contributed by atoms with Crippen LogP contribution in [0.4, 0.5) is 5.69 Å². The molecular formula is C25H28N2O3S. The zero-order valence-corrected chi connectivity index (χ0v) is 19.1. The average Bonchev–Trinajstić information content (AvgIpc) is 2.74. The lowest BCUT2D eigenvalue weighted by molar-refractivity contribution is 0.0935. The predicted molar refractivity (Wildman–Crippen MR) is 125 cm³/mol. The standard InChI is InChI=1S/C25H28N2O3S/c1-5-23(20-11-6-17(2)7-12-20)26-25(28)21-13-10-19(4)24(16-21)27-31(29,30)22-14-8-18(3)9-15-22/h6-16,23,27H,5H2,1-4H3,(H,26,28)/t23-/m1/s1. The molecule has 0 aliphatic rings. The number of nitrogens with one attached hydrogen (secondary N) is 2. The van der Waals surface area contributed by atoms with Gasteiger partial charge in [-0.2, -0.15) is 0 Å². The number of anilines is 1. The lowest BCUT2D eigenvalue weighted by Gasteiger charge is -2.18. The zero-order valence-electron chi connectivity index (χ0n) is 18.3. The van der Waals surface area contributed by atoms with Crippen molar-refractivity contribution in [1.82, 2.24) is 5.32 Å². The molecule has 31 heavy (non-hydrogen) atoms. The van der Waals surface area contributed by atoms with Crippen molar-refractivity contribution in [3.63, 3.8) is 0 Å². The highest BCUT2D eigenvalue weighted by Crippen LogP contribution is 2.23. The lowest BCUT2D eigenvalue weighted by Crippen LogP contribution is -2.28. The van der Waals surface area contributed by atoms with Gasteiger partial charge in [-0.05, 0) is 62.6 Å². The molecular weight excluding hydrogens is 408 g/mol. The molecule has 0 aromatic heterocycles. The Hall–Kier alpha value is -3.12. The van der Waals surface area contributed by atoms with Crippen LogP contribution in [0, 0.1) is 20.8 Å². The summed E-state index contributed by atoms with van der Waals surface area (Å²) in [7, 11) is -3.75. The first-order chi connectivity index (χ1) is 14.7. The Labute approximate surface area is 184 Å². The van der Waals surface area contributed by atoms with Crippen LogP contribution in [0.15, 0.2) is 71.6 Å². The summed E-state index contributed by atoms with van der Waals surface area (Å²) in [4.78, 5) is 13.1. The number of carbonyl (C=O) groups is 1. The molecule has 0 radical (unpaired) electrons. The molecule has 5 nitrogen and oxygen atoms in total. The highest BCUT2D eigenvalue weighted by Gasteiger charge is 2.18.